The molecule has 2 aliphatic heterocycles. The number of carbonyl (C=O) groups is 2. The number of carboxylic acid groups (broad SMARTS) is 1. The molecule has 2 saturated heterocycles. The Morgan fingerprint density at radius 1 is 1.48 bits per heavy atom. The summed E-state index contributed by atoms with van der Waals surface area (Å²) < 4.78 is 6.00. The van der Waals surface area contributed by atoms with Crippen molar-refractivity contribution in [2.24, 2.45) is 5.92 Å². The summed E-state index contributed by atoms with van der Waals surface area (Å²) in [4.78, 5) is 23.0. The minimum Gasteiger partial charge on any atom is -0.483 e. The van der Waals surface area contributed by atoms with E-state index in [-0.39, 0.29) is 18.4 Å². The van der Waals surface area contributed by atoms with Crippen molar-refractivity contribution in [3.05, 3.63) is 18.0 Å². The summed E-state index contributed by atoms with van der Waals surface area (Å²) >= 11 is 0. The van der Waals surface area contributed by atoms with Gasteiger partial charge in [-0.25, -0.2) is 0 Å². The predicted molar refractivity (Wildman–Crippen MR) is 90.0 cm³/mol. The van der Waals surface area contributed by atoms with Crippen LogP contribution in [0.25, 0.3) is 0 Å². The number of aryl methyl sites for hydroxylation is 1. The molecule has 0 bridgehead atoms. The third kappa shape index (κ3) is 5.02. The summed E-state index contributed by atoms with van der Waals surface area (Å²) in [6, 6.07) is 0.776. The minimum absolute atomic E-state index is 0.144. The summed E-state index contributed by atoms with van der Waals surface area (Å²) in [6.07, 6.45) is 9.02. The second-order valence-electron chi connectivity index (χ2n) is 7.03. The van der Waals surface area contributed by atoms with E-state index < -0.39 is 0 Å². The Kier molecular flexibility index (Phi) is 6.04. The summed E-state index contributed by atoms with van der Waals surface area (Å²) in [5, 5.41) is 16.8. The van der Waals surface area contributed by atoms with Crippen LogP contribution in [0, 0.1) is 5.92 Å². The van der Waals surface area contributed by atoms with Gasteiger partial charge in [-0.3, -0.25) is 19.6 Å². The van der Waals surface area contributed by atoms with Crippen molar-refractivity contribution >= 4 is 12.4 Å². The zero-order valence-electron chi connectivity index (χ0n) is 14.3. The maximum absolute atomic E-state index is 12.1. The molecule has 3 atom stereocenters. The number of rotatable bonds is 5. The Labute approximate surface area is 146 Å². The van der Waals surface area contributed by atoms with Gasteiger partial charge in [0.1, 0.15) is 0 Å². The lowest BCUT2D eigenvalue weighted by molar-refractivity contribution is -0.123. The van der Waals surface area contributed by atoms with Crippen LogP contribution in [0.5, 0.6) is 0 Å². The van der Waals surface area contributed by atoms with E-state index in [0.717, 1.165) is 44.0 Å². The molecule has 1 aromatic heterocycles. The quantitative estimate of drug-likeness (QED) is 0.664. The van der Waals surface area contributed by atoms with E-state index in [0.29, 0.717) is 18.6 Å². The fourth-order valence-corrected chi connectivity index (χ4v) is 3.73. The number of carbonyl (C=O) groups excluding carboxylic acids is 1. The molecule has 8 nitrogen and oxygen atoms in total. The van der Waals surface area contributed by atoms with Gasteiger partial charge in [-0.05, 0) is 37.2 Å². The standard InChI is InChI=1S/C16H24N4O2.CH2O2/c21-16(4-1-11-6-17-18-7-11)19-13-5-14-10-22-15(12-2-3-12)9-20(14)8-13;2-1-3/h6-7,12-15H,1-5,8-10H2,(H,17,18)(H,19,21);1H,(H,2,3)/t13-,14+,15-;/m1./s1. The lowest BCUT2D eigenvalue weighted by Gasteiger charge is -2.35. The summed E-state index contributed by atoms with van der Waals surface area (Å²) in [6.45, 7) is 2.62. The summed E-state index contributed by atoms with van der Waals surface area (Å²) in [7, 11) is 0. The van der Waals surface area contributed by atoms with Gasteiger partial charge in [0, 0.05) is 37.8 Å². The molecule has 3 heterocycles. The predicted octanol–water partition coefficient (Wildman–Crippen LogP) is 0.411. The van der Waals surface area contributed by atoms with Crippen LogP contribution in [0.1, 0.15) is 31.2 Å². The monoisotopic (exact) mass is 350 g/mol. The molecule has 3 N–H and O–H groups in total. The van der Waals surface area contributed by atoms with Gasteiger partial charge in [0.15, 0.2) is 0 Å². The summed E-state index contributed by atoms with van der Waals surface area (Å²) in [5.41, 5.74) is 1.08. The maximum atomic E-state index is 12.1. The van der Waals surface area contributed by atoms with Crippen LogP contribution < -0.4 is 5.32 Å². The zero-order chi connectivity index (χ0) is 17.6. The number of nitrogens with one attached hydrogen (secondary N) is 2. The molecule has 1 amide bonds. The topological polar surface area (TPSA) is 108 Å². The molecule has 1 aliphatic carbocycles. The Bertz CT molecular complexity index is 561. The molecule has 4 rings (SSSR count). The summed E-state index contributed by atoms with van der Waals surface area (Å²) in [5.74, 6) is 0.940. The van der Waals surface area contributed by atoms with Crippen molar-refractivity contribution in [2.75, 3.05) is 19.7 Å². The average Bonchev–Trinajstić information content (AvgIpc) is 3.16. The van der Waals surface area contributed by atoms with Crippen LogP contribution in [0.4, 0.5) is 0 Å². The van der Waals surface area contributed by atoms with Gasteiger partial charge in [-0.2, -0.15) is 5.10 Å². The van der Waals surface area contributed by atoms with Gasteiger partial charge in [0.05, 0.1) is 18.9 Å². The Morgan fingerprint density at radius 3 is 2.96 bits per heavy atom. The van der Waals surface area contributed by atoms with E-state index >= 15 is 0 Å². The van der Waals surface area contributed by atoms with Crippen LogP contribution >= 0.6 is 0 Å². The second-order valence-corrected chi connectivity index (χ2v) is 7.03. The Morgan fingerprint density at radius 2 is 2.28 bits per heavy atom. The number of aromatic amines is 1. The SMILES string of the molecule is O=C(CCc1cn[nH]c1)N[C@@H]1C[C@H]2CO[C@@H](C3CC3)CN2C1.O=CO. The van der Waals surface area contributed by atoms with E-state index in [9.17, 15) is 4.79 Å². The molecule has 0 unspecified atom stereocenters. The van der Waals surface area contributed by atoms with E-state index in [1.807, 2.05) is 6.20 Å². The molecule has 1 saturated carbocycles. The van der Waals surface area contributed by atoms with Gasteiger partial charge in [-0.15, -0.1) is 0 Å². The molecule has 0 spiro atoms. The first-order chi connectivity index (χ1) is 12.2. The van der Waals surface area contributed by atoms with Gasteiger partial charge in [-0.1, -0.05) is 0 Å². The molecule has 0 aromatic carbocycles. The zero-order valence-corrected chi connectivity index (χ0v) is 14.3. The number of ether oxygens (including phenoxy) is 1. The lowest BCUT2D eigenvalue weighted by atomic mass is 10.1. The van der Waals surface area contributed by atoms with Crippen molar-refractivity contribution in [2.45, 2.75) is 50.3 Å². The molecule has 25 heavy (non-hydrogen) atoms. The molecule has 3 aliphatic rings. The van der Waals surface area contributed by atoms with Crippen LogP contribution in [-0.2, 0) is 20.7 Å². The van der Waals surface area contributed by atoms with Crippen molar-refractivity contribution in [3.8, 4) is 0 Å². The number of hydrogen-bond donors (Lipinski definition) is 3. The minimum atomic E-state index is -0.250. The first-order valence-electron chi connectivity index (χ1n) is 8.90. The average molecular weight is 350 g/mol. The smallest absolute Gasteiger partial charge is 0.290 e. The highest BCUT2D eigenvalue weighted by Gasteiger charge is 2.42. The molecule has 138 valence electrons. The number of hydrogen-bond acceptors (Lipinski definition) is 5. The van der Waals surface area contributed by atoms with Crippen LogP contribution in [-0.4, -0.2) is 70.5 Å². The molecule has 3 fully saturated rings. The van der Waals surface area contributed by atoms with Crippen LogP contribution in [0.2, 0.25) is 0 Å². The second kappa shape index (κ2) is 8.44. The van der Waals surface area contributed by atoms with Gasteiger partial charge < -0.3 is 15.2 Å². The van der Waals surface area contributed by atoms with E-state index in [4.69, 9.17) is 14.6 Å². The Hall–Kier alpha value is -1.93. The number of amides is 1. The fraction of sp³-hybridized carbons (Fsp3) is 0.706. The van der Waals surface area contributed by atoms with Gasteiger partial charge in [0.2, 0.25) is 5.91 Å². The lowest BCUT2D eigenvalue weighted by Crippen LogP contribution is -2.47. The van der Waals surface area contributed by atoms with Crippen molar-refractivity contribution in [1.29, 1.82) is 0 Å². The highest BCUT2D eigenvalue weighted by Crippen LogP contribution is 2.37. The molecule has 1 aromatic rings. The first-order valence-corrected chi connectivity index (χ1v) is 8.90. The van der Waals surface area contributed by atoms with Crippen LogP contribution in [0.15, 0.2) is 12.4 Å². The molecular formula is C17H26N4O4. The Balaban J connectivity index is 0.000000569. The first kappa shape index (κ1) is 17.9. The number of morpholine rings is 1. The van der Waals surface area contributed by atoms with Gasteiger partial charge >= 0.3 is 0 Å². The largest absolute Gasteiger partial charge is 0.483 e. The van der Waals surface area contributed by atoms with Crippen molar-refractivity contribution in [1.82, 2.24) is 20.4 Å². The third-order valence-electron chi connectivity index (χ3n) is 5.15. The molecular weight excluding hydrogens is 324 g/mol. The van der Waals surface area contributed by atoms with Crippen molar-refractivity contribution < 1.29 is 19.4 Å². The van der Waals surface area contributed by atoms with E-state index in [1.165, 1.54) is 12.8 Å². The maximum Gasteiger partial charge on any atom is 0.290 e. The molecule has 0 radical (unpaired) electrons. The normalized spacial score (nSPS) is 28.6. The third-order valence-corrected chi connectivity index (χ3v) is 5.15. The van der Waals surface area contributed by atoms with Gasteiger partial charge in [0.25, 0.3) is 6.47 Å². The van der Waals surface area contributed by atoms with Crippen LogP contribution in [0.3, 0.4) is 0 Å². The number of H-pyrrole nitrogens is 1. The number of aromatic nitrogens is 2. The van der Waals surface area contributed by atoms with Crippen molar-refractivity contribution in [3.63, 3.8) is 0 Å². The highest BCUT2D eigenvalue weighted by molar-refractivity contribution is 5.76. The van der Waals surface area contributed by atoms with E-state index in [2.05, 4.69) is 20.4 Å². The van der Waals surface area contributed by atoms with E-state index in [1.54, 1.807) is 6.20 Å². The molecule has 8 heteroatoms. The highest BCUT2D eigenvalue weighted by atomic mass is 16.5. The fourth-order valence-electron chi connectivity index (χ4n) is 3.73. The number of fused-ring (bicyclic) bond motifs is 1. The number of nitrogens with zero attached hydrogens (tertiary/aromatic N) is 2.